The average Bonchev–Trinajstić information content (AvgIpc) is 2.53. The predicted molar refractivity (Wildman–Crippen MR) is 88.4 cm³/mol. The summed E-state index contributed by atoms with van der Waals surface area (Å²) in [6.45, 7) is 5.25. The molecule has 1 aliphatic heterocycles. The summed E-state index contributed by atoms with van der Waals surface area (Å²) in [5.41, 5.74) is 2.20. The molecule has 1 aromatic rings. The van der Waals surface area contributed by atoms with Crippen molar-refractivity contribution in [2.24, 2.45) is 0 Å². The molecule has 3 heteroatoms. The highest BCUT2D eigenvalue weighted by molar-refractivity contribution is 5.75. The molecule has 3 nitrogen and oxygen atoms in total. The summed E-state index contributed by atoms with van der Waals surface area (Å²) in [6.07, 6.45) is 5.99. The Balaban J connectivity index is 2.18. The maximum Gasteiger partial charge on any atom is 0.150 e. The molecule has 3 rings (SSSR count). The molecule has 1 saturated carbocycles. The van der Waals surface area contributed by atoms with Crippen LogP contribution in [-0.4, -0.2) is 41.5 Å². The summed E-state index contributed by atoms with van der Waals surface area (Å²) in [4.78, 5) is 13.5. The van der Waals surface area contributed by atoms with Gasteiger partial charge in [0.25, 0.3) is 0 Å². The molecule has 120 valence electrons. The standard InChI is InChI=1S/C19H27NO2/c1-14-6-7-16(13-21)12-17(14)18-8-4-5-9-19(18,22)15(2)20(3)11-10-18/h6-7,12-13,15,22H,4-5,8-11H2,1-3H3. The molecule has 2 fully saturated rings. The molecule has 3 unspecified atom stereocenters. The van der Waals surface area contributed by atoms with Gasteiger partial charge < -0.3 is 10.0 Å². The van der Waals surface area contributed by atoms with Gasteiger partial charge in [0.05, 0.1) is 5.60 Å². The largest absolute Gasteiger partial charge is 0.387 e. The van der Waals surface area contributed by atoms with E-state index in [-0.39, 0.29) is 11.5 Å². The number of likely N-dealkylation sites (tertiary alicyclic amines) is 1. The number of carbonyl (C=O) groups excluding carboxylic acids is 1. The van der Waals surface area contributed by atoms with Gasteiger partial charge in [0.15, 0.2) is 0 Å². The lowest BCUT2D eigenvalue weighted by atomic mass is 9.53. The van der Waals surface area contributed by atoms with Gasteiger partial charge in [0, 0.05) is 17.0 Å². The molecule has 1 heterocycles. The van der Waals surface area contributed by atoms with Crippen LogP contribution in [0.15, 0.2) is 18.2 Å². The number of aryl methyl sites for hydroxylation is 1. The predicted octanol–water partition coefficient (Wildman–Crippen LogP) is 3.07. The minimum Gasteiger partial charge on any atom is -0.387 e. The molecule has 1 N–H and O–H groups in total. The first-order valence-corrected chi connectivity index (χ1v) is 8.43. The van der Waals surface area contributed by atoms with Crippen molar-refractivity contribution in [3.8, 4) is 0 Å². The number of nitrogens with zero attached hydrogens (tertiary/aromatic N) is 1. The van der Waals surface area contributed by atoms with Crippen LogP contribution in [0.4, 0.5) is 0 Å². The molecule has 1 aromatic carbocycles. The Hall–Kier alpha value is -1.19. The molecule has 1 aliphatic carbocycles. The first-order chi connectivity index (χ1) is 10.4. The maximum absolute atomic E-state index is 11.7. The van der Waals surface area contributed by atoms with E-state index >= 15 is 0 Å². The first kappa shape index (κ1) is 15.7. The van der Waals surface area contributed by atoms with E-state index in [0.29, 0.717) is 0 Å². The third-order valence-corrected chi connectivity index (χ3v) is 6.40. The number of hydrogen-bond acceptors (Lipinski definition) is 3. The molecule has 0 aromatic heterocycles. The van der Waals surface area contributed by atoms with Gasteiger partial charge in [0.2, 0.25) is 0 Å². The average molecular weight is 301 g/mol. The second-order valence-electron chi connectivity index (χ2n) is 7.31. The van der Waals surface area contributed by atoms with Crippen molar-refractivity contribution in [2.45, 2.75) is 63.0 Å². The Bertz CT molecular complexity index is 585. The van der Waals surface area contributed by atoms with Gasteiger partial charge in [-0.05, 0) is 63.9 Å². The lowest BCUT2D eigenvalue weighted by molar-refractivity contribution is -0.148. The Morgan fingerprint density at radius 2 is 2.00 bits per heavy atom. The Kier molecular flexibility index (Phi) is 3.90. The molecule has 0 bridgehead atoms. The normalized spacial score (nSPS) is 35.9. The van der Waals surface area contributed by atoms with Crippen molar-refractivity contribution in [1.82, 2.24) is 4.90 Å². The second kappa shape index (κ2) is 5.47. The van der Waals surface area contributed by atoms with Gasteiger partial charge in [-0.1, -0.05) is 25.0 Å². The van der Waals surface area contributed by atoms with Crippen molar-refractivity contribution in [3.63, 3.8) is 0 Å². The molecular formula is C19H27NO2. The van der Waals surface area contributed by atoms with Crippen LogP contribution in [0.3, 0.4) is 0 Å². The van der Waals surface area contributed by atoms with E-state index in [1.165, 1.54) is 11.1 Å². The number of rotatable bonds is 2. The van der Waals surface area contributed by atoms with Gasteiger partial charge in [0.1, 0.15) is 6.29 Å². The van der Waals surface area contributed by atoms with E-state index in [0.717, 1.165) is 50.5 Å². The van der Waals surface area contributed by atoms with Crippen LogP contribution in [0.25, 0.3) is 0 Å². The topological polar surface area (TPSA) is 40.5 Å². The van der Waals surface area contributed by atoms with Crippen LogP contribution in [0.5, 0.6) is 0 Å². The first-order valence-electron chi connectivity index (χ1n) is 8.43. The minimum atomic E-state index is -0.704. The number of likely N-dealkylation sites (N-methyl/N-ethyl adjacent to an activating group) is 1. The van der Waals surface area contributed by atoms with Crippen LogP contribution in [-0.2, 0) is 5.41 Å². The van der Waals surface area contributed by atoms with E-state index in [1.54, 1.807) is 0 Å². The summed E-state index contributed by atoms with van der Waals surface area (Å²) in [7, 11) is 2.11. The third kappa shape index (κ3) is 2.06. The molecule has 0 spiro atoms. The van der Waals surface area contributed by atoms with Gasteiger partial charge >= 0.3 is 0 Å². The van der Waals surface area contributed by atoms with Crippen molar-refractivity contribution in [1.29, 1.82) is 0 Å². The highest BCUT2D eigenvalue weighted by Gasteiger charge is 2.58. The van der Waals surface area contributed by atoms with Gasteiger partial charge in [-0.3, -0.25) is 4.79 Å². The minimum absolute atomic E-state index is 0.140. The van der Waals surface area contributed by atoms with E-state index in [9.17, 15) is 9.90 Å². The number of piperidine rings is 1. The number of aliphatic hydroxyl groups is 1. The lowest BCUT2D eigenvalue weighted by Gasteiger charge is -2.60. The van der Waals surface area contributed by atoms with Gasteiger partial charge in [-0.15, -0.1) is 0 Å². The summed E-state index contributed by atoms with van der Waals surface area (Å²) < 4.78 is 0. The smallest absolute Gasteiger partial charge is 0.150 e. The SMILES string of the molecule is Cc1ccc(C=O)cc1C12CCCCC1(O)C(C)N(C)CC2. The number of benzene rings is 1. The zero-order chi connectivity index (χ0) is 16.0. The molecular weight excluding hydrogens is 274 g/mol. The third-order valence-electron chi connectivity index (χ3n) is 6.40. The van der Waals surface area contributed by atoms with Crippen LogP contribution in [0.2, 0.25) is 0 Å². The molecule has 22 heavy (non-hydrogen) atoms. The summed E-state index contributed by atoms with van der Waals surface area (Å²) >= 11 is 0. The number of carbonyl (C=O) groups is 1. The maximum atomic E-state index is 11.7. The summed E-state index contributed by atoms with van der Waals surface area (Å²) in [6, 6.07) is 6.08. The van der Waals surface area contributed by atoms with Gasteiger partial charge in [-0.25, -0.2) is 0 Å². The van der Waals surface area contributed by atoms with Crippen LogP contribution < -0.4 is 0 Å². The number of hydrogen-bond donors (Lipinski definition) is 1. The molecule has 0 radical (unpaired) electrons. The molecule has 2 aliphatic rings. The quantitative estimate of drug-likeness (QED) is 0.854. The summed E-state index contributed by atoms with van der Waals surface area (Å²) in [5, 5.41) is 11.7. The van der Waals surface area contributed by atoms with Crippen molar-refractivity contribution < 1.29 is 9.90 Å². The lowest BCUT2D eigenvalue weighted by Crippen LogP contribution is -2.68. The van der Waals surface area contributed by atoms with Crippen molar-refractivity contribution in [2.75, 3.05) is 13.6 Å². The fraction of sp³-hybridized carbons (Fsp3) is 0.632. The Morgan fingerprint density at radius 3 is 2.73 bits per heavy atom. The highest BCUT2D eigenvalue weighted by atomic mass is 16.3. The van der Waals surface area contributed by atoms with Crippen molar-refractivity contribution >= 4 is 6.29 Å². The number of aldehydes is 1. The van der Waals surface area contributed by atoms with Crippen LogP contribution in [0.1, 0.15) is 60.5 Å². The van der Waals surface area contributed by atoms with Crippen LogP contribution in [0, 0.1) is 6.92 Å². The molecule has 0 amide bonds. The van der Waals surface area contributed by atoms with Gasteiger partial charge in [-0.2, -0.15) is 0 Å². The molecule has 3 atom stereocenters. The van der Waals surface area contributed by atoms with Crippen LogP contribution >= 0.6 is 0 Å². The van der Waals surface area contributed by atoms with E-state index in [2.05, 4.69) is 25.8 Å². The monoisotopic (exact) mass is 301 g/mol. The molecule has 1 saturated heterocycles. The van der Waals surface area contributed by atoms with Crippen molar-refractivity contribution in [3.05, 3.63) is 34.9 Å². The van der Waals surface area contributed by atoms with E-state index in [4.69, 9.17) is 0 Å². The second-order valence-corrected chi connectivity index (χ2v) is 7.31. The fourth-order valence-electron chi connectivity index (χ4n) is 4.88. The zero-order valence-electron chi connectivity index (χ0n) is 13.9. The summed E-state index contributed by atoms with van der Waals surface area (Å²) in [5.74, 6) is 0. The number of fused-ring (bicyclic) bond motifs is 1. The Morgan fingerprint density at radius 1 is 1.27 bits per heavy atom. The Labute approximate surface area is 133 Å². The highest BCUT2D eigenvalue weighted by Crippen LogP contribution is 2.54. The fourth-order valence-corrected chi connectivity index (χ4v) is 4.88. The zero-order valence-corrected chi connectivity index (χ0v) is 13.9. The van der Waals surface area contributed by atoms with E-state index in [1.807, 2.05) is 18.2 Å². The van der Waals surface area contributed by atoms with E-state index < -0.39 is 5.60 Å².